The molecular weight excluding hydrogens is 289 g/mol. The predicted molar refractivity (Wildman–Crippen MR) is 95.9 cm³/mol. The topological polar surface area (TPSA) is 64.1 Å². The van der Waals surface area contributed by atoms with Gasteiger partial charge in [0, 0.05) is 12.2 Å². The second kappa shape index (κ2) is 8.04. The third kappa shape index (κ3) is 5.31. The summed E-state index contributed by atoms with van der Waals surface area (Å²) in [6.45, 7) is 12.6. The molecule has 0 aromatic heterocycles. The van der Waals surface area contributed by atoms with Crippen molar-refractivity contribution in [2.24, 2.45) is 17.4 Å². The summed E-state index contributed by atoms with van der Waals surface area (Å²) in [6.07, 6.45) is 0.854. The number of hydrogen-bond acceptors (Lipinski definition) is 3. The molecule has 1 aromatic carbocycles. The highest BCUT2D eigenvalue weighted by Gasteiger charge is 2.09. The van der Waals surface area contributed by atoms with Gasteiger partial charge in [0.25, 0.3) is 0 Å². The Morgan fingerprint density at radius 2 is 1.61 bits per heavy atom. The quantitative estimate of drug-likeness (QED) is 0.694. The summed E-state index contributed by atoms with van der Waals surface area (Å²) >= 11 is 0. The third-order valence-corrected chi connectivity index (χ3v) is 4.19. The average Bonchev–Trinajstić information content (AvgIpc) is 2.43. The van der Waals surface area contributed by atoms with Crippen molar-refractivity contribution in [3.05, 3.63) is 57.3 Å². The van der Waals surface area contributed by atoms with Crippen LogP contribution in [0.2, 0.25) is 0 Å². The van der Waals surface area contributed by atoms with Gasteiger partial charge in [0.05, 0.1) is 5.82 Å². The maximum Gasteiger partial charge on any atom is 0.123 e. The molecule has 0 saturated heterocycles. The molecule has 3 nitrogen and oxygen atoms in total. The Balaban J connectivity index is 2.92. The Hall–Kier alpha value is -1.97. The molecule has 0 amide bonds. The van der Waals surface area contributed by atoms with E-state index in [1.165, 1.54) is 0 Å². The molecule has 1 aromatic rings. The van der Waals surface area contributed by atoms with E-state index in [2.05, 4.69) is 19.2 Å². The lowest BCUT2D eigenvalue weighted by Crippen LogP contribution is -2.23. The second-order valence-corrected chi connectivity index (χ2v) is 6.66. The molecule has 0 spiro atoms. The summed E-state index contributed by atoms with van der Waals surface area (Å²) < 4.78 is 13.4. The smallest absolute Gasteiger partial charge is 0.123 e. The molecule has 128 valence electrons. The van der Waals surface area contributed by atoms with Gasteiger partial charge in [0.1, 0.15) is 5.82 Å². The SMILES string of the molecule is CC(=C(/N)CC(C)C)/C(C)=C(\N)NCc1c(C)cc(F)cc1C. The molecule has 0 heterocycles. The molecule has 0 aliphatic rings. The molecule has 0 saturated carbocycles. The van der Waals surface area contributed by atoms with Gasteiger partial charge in [0.15, 0.2) is 0 Å². The Bertz CT molecular complexity index is 604. The molecular formula is C19H30FN3. The number of allylic oxidation sites excluding steroid dienone is 3. The predicted octanol–water partition coefficient (Wildman–Crippen LogP) is 4.00. The van der Waals surface area contributed by atoms with Crippen molar-refractivity contribution in [2.75, 3.05) is 0 Å². The van der Waals surface area contributed by atoms with Crippen molar-refractivity contribution in [1.29, 1.82) is 0 Å². The highest BCUT2D eigenvalue weighted by Crippen LogP contribution is 2.19. The zero-order valence-electron chi connectivity index (χ0n) is 15.2. The van der Waals surface area contributed by atoms with Gasteiger partial charge in [-0.05, 0) is 80.0 Å². The molecule has 4 heteroatoms. The van der Waals surface area contributed by atoms with E-state index in [1.807, 2.05) is 27.7 Å². The van der Waals surface area contributed by atoms with Crippen LogP contribution in [0, 0.1) is 25.6 Å². The van der Waals surface area contributed by atoms with Crippen LogP contribution in [-0.4, -0.2) is 0 Å². The summed E-state index contributed by atoms with van der Waals surface area (Å²) in [4.78, 5) is 0. The molecule has 23 heavy (non-hydrogen) atoms. The van der Waals surface area contributed by atoms with Crippen LogP contribution in [0.25, 0.3) is 0 Å². The van der Waals surface area contributed by atoms with E-state index in [0.717, 1.165) is 40.0 Å². The molecule has 5 N–H and O–H groups in total. The normalized spacial score (nSPS) is 13.7. The van der Waals surface area contributed by atoms with E-state index in [9.17, 15) is 4.39 Å². The van der Waals surface area contributed by atoms with E-state index in [1.54, 1.807) is 12.1 Å². The minimum absolute atomic E-state index is 0.205. The first-order valence-corrected chi connectivity index (χ1v) is 8.04. The molecule has 0 unspecified atom stereocenters. The minimum atomic E-state index is -0.205. The standard InChI is InChI=1S/C19H30FN3/c1-11(2)7-18(21)14(5)15(6)19(22)23-10-17-12(3)8-16(20)9-13(17)4/h8-9,11,23H,7,10,21-22H2,1-6H3/b18-14-,19-15+. The fourth-order valence-electron chi connectivity index (χ4n) is 2.57. The highest BCUT2D eigenvalue weighted by atomic mass is 19.1. The Labute approximate surface area is 139 Å². The number of aryl methyl sites for hydroxylation is 2. The highest BCUT2D eigenvalue weighted by molar-refractivity contribution is 5.36. The monoisotopic (exact) mass is 319 g/mol. The Morgan fingerprint density at radius 1 is 1.09 bits per heavy atom. The first-order chi connectivity index (χ1) is 10.6. The Kier molecular flexibility index (Phi) is 6.67. The molecule has 0 fully saturated rings. The number of nitrogens with two attached hydrogens (primary N) is 2. The van der Waals surface area contributed by atoms with Gasteiger partial charge in [-0.15, -0.1) is 0 Å². The molecule has 1 rings (SSSR count). The van der Waals surface area contributed by atoms with Gasteiger partial charge in [-0.2, -0.15) is 0 Å². The number of benzene rings is 1. The maximum absolute atomic E-state index is 13.4. The fourth-order valence-corrected chi connectivity index (χ4v) is 2.57. The number of halogens is 1. The van der Waals surface area contributed by atoms with Gasteiger partial charge < -0.3 is 16.8 Å². The number of hydrogen-bond donors (Lipinski definition) is 3. The fraction of sp³-hybridized carbons (Fsp3) is 0.474. The molecule has 0 radical (unpaired) electrons. The van der Waals surface area contributed by atoms with Crippen LogP contribution < -0.4 is 16.8 Å². The zero-order valence-corrected chi connectivity index (χ0v) is 15.2. The van der Waals surface area contributed by atoms with Gasteiger partial charge in [0.2, 0.25) is 0 Å². The van der Waals surface area contributed by atoms with Crippen molar-refractivity contribution in [3.8, 4) is 0 Å². The van der Waals surface area contributed by atoms with E-state index in [4.69, 9.17) is 11.5 Å². The number of rotatable bonds is 6. The first-order valence-electron chi connectivity index (χ1n) is 8.04. The zero-order chi connectivity index (χ0) is 17.7. The van der Waals surface area contributed by atoms with Gasteiger partial charge in [-0.25, -0.2) is 4.39 Å². The van der Waals surface area contributed by atoms with Crippen LogP contribution in [0.1, 0.15) is 50.8 Å². The van der Waals surface area contributed by atoms with Crippen LogP contribution in [0.4, 0.5) is 4.39 Å². The lowest BCUT2D eigenvalue weighted by Gasteiger charge is -2.16. The van der Waals surface area contributed by atoms with Crippen molar-refractivity contribution >= 4 is 0 Å². The minimum Gasteiger partial charge on any atom is -0.402 e. The van der Waals surface area contributed by atoms with Crippen molar-refractivity contribution in [3.63, 3.8) is 0 Å². The van der Waals surface area contributed by atoms with Crippen molar-refractivity contribution < 1.29 is 4.39 Å². The summed E-state index contributed by atoms with van der Waals surface area (Å²) in [5.74, 6) is 0.914. The van der Waals surface area contributed by atoms with E-state index < -0.39 is 0 Å². The number of nitrogens with one attached hydrogen (secondary N) is 1. The van der Waals surface area contributed by atoms with Crippen LogP contribution in [0.15, 0.2) is 34.8 Å². The van der Waals surface area contributed by atoms with Gasteiger partial charge in [-0.3, -0.25) is 0 Å². The lowest BCUT2D eigenvalue weighted by atomic mass is 10.0. The largest absolute Gasteiger partial charge is 0.402 e. The summed E-state index contributed by atoms with van der Waals surface area (Å²) in [5, 5.41) is 3.23. The third-order valence-electron chi connectivity index (χ3n) is 4.19. The first kappa shape index (κ1) is 19.1. The molecule has 0 bridgehead atoms. The van der Waals surface area contributed by atoms with Crippen LogP contribution in [0.5, 0.6) is 0 Å². The Morgan fingerprint density at radius 3 is 2.09 bits per heavy atom. The second-order valence-electron chi connectivity index (χ2n) is 6.66. The van der Waals surface area contributed by atoms with E-state index in [0.29, 0.717) is 18.3 Å². The van der Waals surface area contributed by atoms with Gasteiger partial charge >= 0.3 is 0 Å². The molecule has 0 aliphatic heterocycles. The average molecular weight is 319 g/mol. The van der Waals surface area contributed by atoms with Crippen molar-refractivity contribution in [1.82, 2.24) is 5.32 Å². The van der Waals surface area contributed by atoms with Crippen LogP contribution in [-0.2, 0) is 6.54 Å². The molecule has 0 aliphatic carbocycles. The summed E-state index contributed by atoms with van der Waals surface area (Å²) in [5.41, 5.74) is 18.1. The summed E-state index contributed by atoms with van der Waals surface area (Å²) in [7, 11) is 0. The molecule has 0 atom stereocenters. The van der Waals surface area contributed by atoms with E-state index >= 15 is 0 Å². The van der Waals surface area contributed by atoms with Crippen LogP contribution in [0.3, 0.4) is 0 Å². The summed E-state index contributed by atoms with van der Waals surface area (Å²) in [6, 6.07) is 3.09. The van der Waals surface area contributed by atoms with Crippen LogP contribution >= 0.6 is 0 Å². The lowest BCUT2D eigenvalue weighted by molar-refractivity contribution is 0.623. The van der Waals surface area contributed by atoms with Gasteiger partial charge in [-0.1, -0.05) is 13.8 Å². The van der Waals surface area contributed by atoms with E-state index in [-0.39, 0.29) is 5.82 Å². The van der Waals surface area contributed by atoms with Crippen molar-refractivity contribution in [2.45, 2.75) is 54.5 Å². The maximum atomic E-state index is 13.4.